The first kappa shape index (κ1) is 10.7. The van der Waals surface area contributed by atoms with Crippen molar-refractivity contribution in [3.05, 3.63) is 52.9 Å². The molecule has 0 amide bonds. The third kappa shape index (κ3) is 1.32. The number of benzene rings is 2. The summed E-state index contributed by atoms with van der Waals surface area (Å²) in [5.74, 6) is 0. The summed E-state index contributed by atoms with van der Waals surface area (Å²) in [5.41, 5.74) is 3.92. The molecule has 20 heavy (non-hydrogen) atoms. The molecular weight excluding hydrogens is 262 g/mol. The third-order valence-electron chi connectivity index (χ3n) is 4.25. The molecule has 0 spiro atoms. The number of H-pyrrole nitrogens is 1. The molecular formula is C18H13NS. The van der Waals surface area contributed by atoms with E-state index in [0.717, 1.165) is 0 Å². The summed E-state index contributed by atoms with van der Waals surface area (Å²) in [4.78, 5) is 5.09. The van der Waals surface area contributed by atoms with Gasteiger partial charge in [-0.15, -0.1) is 11.3 Å². The Hall–Kier alpha value is -2.06. The lowest BCUT2D eigenvalue weighted by atomic mass is 10.0. The van der Waals surface area contributed by atoms with Gasteiger partial charge in [-0.3, -0.25) is 0 Å². The van der Waals surface area contributed by atoms with Crippen LogP contribution in [0, 0.1) is 0 Å². The van der Waals surface area contributed by atoms with Crippen LogP contribution in [-0.2, 0) is 6.42 Å². The number of nitrogens with one attached hydrogen (secondary N) is 1. The van der Waals surface area contributed by atoms with Crippen LogP contribution in [0.25, 0.3) is 38.0 Å². The highest BCUT2D eigenvalue weighted by Gasteiger charge is 2.14. The molecule has 0 bridgehead atoms. The lowest BCUT2D eigenvalue weighted by Crippen LogP contribution is -1.86. The Bertz CT molecular complexity index is 1000. The third-order valence-corrected chi connectivity index (χ3v) is 5.48. The first-order valence-electron chi connectivity index (χ1n) is 7.02. The summed E-state index contributed by atoms with van der Waals surface area (Å²) in [7, 11) is 0. The second-order valence-electron chi connectivity index (χ2n) is 5.44. The Kier molecular flexibility index (Phi) is 2.00. The molecule has 2 heterocycles. The van der Waals surface area contributed by atoms with Crippen molar-refractivity contribution < 1.29 is 0 Å². The van der Waals surface area contributed by atoms with Crippen molar-refractivity contribution in [2.24, 2.45) is 0 Å². The average Bonchev–Trinajstić information content (AvgIpc) is 3.02. The maximum absolute atomic E-state index is 3.55. The lowest BCUT2D eigenvalue weighted by molar-refractivity contribution is 1.02. The number of rotatable bonds is 0. The summed E-state index contributed by atoms with van der Waals surface area (Å²) in [5, 5.41) is 4.07. The maximum Gasteiger partial charge on any atom is 0.0472 e. The minimum Gasteiger partial charge on any atom is -0.354 e. The molecule has 2 heteroatoms. The van der Waals surface area contributed by atoms with E-state index in [9.17, 15) is 0 Å². The Morgan fingerprint density at radius 3 is 2.90 bits per heavy atom. The van der Waals surface area contributed by atoms with E-state index in [1.807, 2.05) is 11.3 Å². The topological polar surface area (TPSA) is 15.8 Å². The molecule has 1 aliphatic rings. The number of aryl methyl sites for hydroxylation is 1. The summed E-state index contributed by atoms with van der Waals surface area (Å²) >= 11 is 1.96. The molecule has 4 aromatic rings. The molecule has 1 nitrogen and oxygen atoms in total. The molecule has 0 saturated carbocycles. The molecule has 1 aliphatic carbocycles. The van der Waals surface area contributed by atoms with Crippen LogP contribution in [0.5, 0.6) is 0 Å². The second-order valence-corrected chi connectivity index (χ2v) is 6.58. The largest absolute Gasteiger partial charge is 0.354 e. The molecule has 0 radical (unpaired) electrons. The van der Waals surface area contributed by atoms with Crippen LogP contribution in [0.4, 0.5) is 0 Å². The molecule has 0 saturated heterocycles. The van der Waals surface area contributed by atoms with E-state index < -0.39 is 0 Å². The Morgan fingerprint density at radius 2 is 1.90 bits per heavy atom. The number of allylic oxidation sites excluding steroid dienone is 1. The van der Waals surface area contributed by atoms with Gasteiger partial charge in [-0.25, -0.2) is 0 Å². The Labute approximate surface area is 120 Å². The van der Waals surface area contributed by atoms with Crippen LogP contribution in [0.3, 0.4) is 0 Å². The van der Waals surface area contributed by atoms with Crippen LogP contribution < -0.4 is 0 Å². The van der Waals surface area contributed by atoms with Gasteiger partial charge in [0.2, 0.25) is 0 Å². The number of aromatic amines is 1. The fraction of sp³-hybridized carbons (Fsp3) is 0.111. The molecule has 0 unspecified atom stereocenters. The first-order chi connectivity index (χ1) is 9.90. The SMILES string of the molecule is C1=Cc2c(sc3cc4c(cc23)[nH]c2ccccc24)CC1. The van der Waals surface area contributed by atoms with Crippen molar-refractivity contribution in [2.45, 2.75) is 12.8 Å². The number of hydrogen-bond donors (Lipinski definition) is 1. The number of fused-ring (bicyclic) bond motifs is 6. The minimum atomic E-state index is 1.18. The van der Waals surface area contributed by atoms with Crippen molar-refractivity contribution >= 4 is 49.3 Å². The predicted octanol–water partition coefficient (Wildman–Crippen LogP) is 5.50. The van der Waals surface area contributed by atoms with Crippen LogP contribution in [0.2, 0.25) is 0 Å². The lowest BCUT2D eigenvalue weighted by Gasteiger charge is -2.03. The summed E-state index contributed by atoms with van der Waals surface area (Å²) in [6.45, 7) is 0. The van der Waals surface area contributed by atoms with E-state index in [-0.39, 0.29) is 0 Å². The highest BCUT2D eigenvalue weighted by molar-refractivity contribution is 7.19. The first-order valence-corrected chi connectivity index (χ1v) is 7.84. The van der Waals surface area contributed by atoms with Crippen LogP contribution >= 0.6 is 11.3 Å². The molecule has 2 aromatic heterocycles. The Balaban J connectivity index is 1.96. The predicted molar refractivity (Wildman–Crippen MR) is 88.5 cm³/mol. The van der Waals surface area contributed by atoms with Crippen LogP contribution in [0.1, 0.15) is 16.9 Å². The van der Waals surface area contributed by atoms with Gasteiger partial charge in [0.15, 0.2) is 0 Å². The fourth-order valence-electron chi connectivity index (χ4n) is 3.30. The van der Waals surface area contributed by atoms with Gasteiger partial charge in [-0.05, 0) is 36.6 Å². The van der Waals surface area contributed by atoms with Gasteiger partial charge in [0, 0.05) is 36.8 Å². The van der Waals surface area contributed by atoms with Gasteiger partial charge in [0.1, 0.15) is 0 Å². The van der Waals surface area contributed by atoms with Gasteiger partial charge in [-0.2, -0.15) is 0 Å². The fourth-order valence-corrected chi connectivity index (χ4v) is 4.52. The van der Waals surface area contributed by atoms with E-state index >= 15 is 0 Å². The summed E-state index contributed by atoms with van der Waals surface area (Å²) in [6, 6.07) is 13.2. The van der Waals surface area contributed by atoms with Crippen molar-refractivity contribution in [1.29, 1.82) is 0 Å². The highest BCUT2D eigenvalue weighted by Crippen LogP contribution is 2.39. The molecule has 1 N–H and O–H groups in total. The zero-order chi connectivity index (χ0) is 13.1. The standard InChI is InChI=1S/C18H13NS/c1-3-7-15-11(5-1)13-10-18-14(9-16(13)19-15)12-6-2-4-8-17(12)20-18/h1-3,5-7,9-10,19H,4,8H2. The molecule has 0 atom stereocenters. The average molecular weight is 275 g/mol. The Morgan fingerprint density at radius 1 is 0.950 bits per heavy atom. The molecule has 2 aromatic carbocycles. The molecule has 5 rings (SSSR count). The number of aromatic nitrogens is 1. The monoisotopic (exact) mass is 275 g/mol. The number of hydrogen-bond acceptors (Lipinski definition) is 1. The molecule has 96 valence electrons. The van der Waals surface area contributed by atoms with E-state index in [2.05, 4.69) is 53.5 Å². The van der Waals surface area contributed by atoms with E-state index in [1.54, 1.807) is 4.88 Å². The van der Waals surface area contributed by atoms with E-state index in [0.29, 0.717) is 0 Å². The summed E-state index contributed by atoms with van der Waals surface area (Å²) < 4.78 is 1.42. The van der Waals surface area contributed by atoms with Crippen molar-refractivity contribution in [1.82, 2.24) is 4.98 Å². The number of thiophene rings is 1. The van der Waals surface area contributed by atoms with Gasteiger partial charge in [0.05, 0.1) is 0 Å². The zero-order valence-electron chi connectivity index (χ0n) is 10.9. The summed E-state index contributed by atoms with van der Waals surface area (Å²) in [6.07, 6.45) is 6.97. The quantitative estimate of drug-likeness (QED) is 0.436. The molecule has 0 fully saturated rings. The maximum atomic E-state index is 3.55. The second kappa shape index (κ2) is 3.74. The number of para-hydroxylation sites is 1. The highest BCUT2D eigenvalue weighted by atomic mass is 32.1. The van der Waals surface area contributed by atoms with Crippen molar-refractivity contribution in [2.75, 3.05) is 0 Å². The van der Waals surface area contributed by atoms with Crippen molar-refractivity contribution in [3.8, 4) is 0 Å². The van der Waals surface area contributed by atoms with Gasteiger partial charge in [0.25, 0.3) is 0 Å². The van der Waals surface area contributed by atoms with E-state index in [4.69, 9.17) is 0 Å². The van der Waals surface area contributed by atoms with E-state index in [1.165, 1.54) is 50.3 Å². The normalized spacial score (nSPS) is 14.4. The van der Waals surface area contributed by atoms with Crippen LogP contribution in [-0.4, -0.2) is 4.98 Å². The van der Waals surface area contributed by atoms with Gasteiger partial charge >= 0.3 is 0 Å². The van der Waals surface area contributed by atoms with Crippen LogP contribution in [0.15, 0.2) is 42.5 Å². The van der Waals surface area contributed by atoms with Gasteiger partial charge in [-0.1, -0.05) is 30.4 Å². The zero-order valence-corrected chi connectivity index (χ0v) is 11.8. The minimum absolute atomic E-state index is 1.18. The van der Waals surface area contributed by atoms with Crippen molar-refractivity contribution in [3.63, 3.8) is 0 Å². The molecule has 0 aliphatic heterocycles. The van der Waals surface area contributed by atoms with Gasteiger partial charge < -0.3 is 4.98 Å². The smallest absolute Gasteiger partial charge is 0.0472 e.